The van der Waals surface area contributed by atoms with Crippen LogP contribution in [0.15, 0.2) is 42.5 Å². The second-order valence-corrected chi connectivity index (χ2v) is 8.70. The van der Waals surface area contributed by atoms with E-state index in [2.05, 4.69) is 49.3 Å². The molecule has 7 atom stereocenters. The predicted octanol–water partition coefficient (Wildman–Crippen LogP) is 4.95. The first-order valence-corrected chi connectivity index (χ1v) is 11.8. The van der Waals surface area contributed by atoms with Gasteiger partial charge in [0.2, 0.25) is 0 Å². The Morgan fingerprint density at radius 3 is 2.60 bits per heavy atom. The van der Waals surface area contributed by atoms with E-state index in [1.54, 1.807) is 0 Å². The Hall–Kier alpha value is -0.830. The van der Waals surface area contributed by atoms with Crippen LogP contribution in [0.4, 0.5) is 0 Å². The zero-order valence-electron chi connectivity index (χ0n) is 17.6. The highest BCUT2D eigenvalue weighted by molar-refractivity contribution is 7.10. The molecule has 0 saturated heterocycles. The molecule has 2 rings (SSSR count). The van der Waals surface area contributed by atoms with Gasteiger partial charge in [-0.2, -0.15) is 0 Å². The number of unbranched alkanes of at least 4 members (excludes halogenated alkanes) is 1. The number of carbonyl (C=O) groups is 1. The average molecular weight is 454 g/mol. The molecule has 1 aliphatic carbocycles. The quantitative estimate of drug-likeness (QED) is 0.236. The zero-order chi connectivity index (χ0) is 21.8. The molecule has 0 radical (unpaired) electrons. The Morgan fingerprint density at radius 1 is 1.17 bits per heavy atom. The fourth-order valence-electron chi connectivity index (χ4n) is 4.41. The summed E-state index contributed by atoms with van der Waals surface area (Å²) in [5.74, 6) is -0.320. The van der Waals surface area contributed by atoms with Gasteiger partial charge in [0.15, 0.2) is 0 Å². The van der Waals surface area contributed by atoms with Crippen LogP contribution in [0, 0.1) is 11.8 Å². The Bertz CT molecular complexity index is 640. The summed E-state index contributed by atoms with van der Waals surface area (Å²) in [5.41, 5.74) is 1.32. The van der Waals surface area contributed by atoms with E-state index in [9.17, 15) is 9.90 Å². The number of carboxylic acid groups (broad SMARTS) is 1. The van der Waals surface area contributed by atoms with Crippen molar-refractivity contribution in [3.05, 3.63) is 48.0 Å². The van der Waals surface area contributed by atoms with Gasteiger partial charge < -0.3 is 19.3 Å². The summed E-state index contributed by atoms with van der Waals surface area (Å²) in [6.45, 7) is 0. The van der Waals surface area contributed by atoms with E-state index < -0.39 is 5.97 Å². The van der Waals surface area contributed by atoms with E-state index in [1.165, 1.54) is 5.56 Å². The third-order valence-electron chi connectivity index (χ3n) is 6.12. The molecule has 7 heteroatoms. The van der Waals surface area contributed by atoms with Gasteiger partial charge in [0.25, 0.3) is 0 Å². The monoisotopic (exact) mass is 454 g/mol. The minimum atomic E-state index is -0.756. The van der Waals surface area contributed by atoms with Gasteiger partial charge in [-0.25, -0.2) is 0 Å². The van der Waals surface area contributed by atoms with Gasteiger partial charge in [-0.3, -0.25) is 4.79 Å². The molecule has 0 amide bonds. The van der Waals surface area contributed by atoms with Crippen LogP contribution in [0.5, 0.6) is 0 Å². The Morgan fingerprint density at radius 2 is 1.93 bits per heavy atom. The molecule has 30 heavy (non-hydrogen) atoms. The number of hydrogen-bond acceptors (Lipinski definition) is 4. The maximum atomic E-state index is 10.6. The Labute approximate surface area is 185 Å². The molecule has 168 valence electrons. The molecule has 0 aliphatic heterocycles. The van der Waals surface area contributed by atoms with Crippen LogP contribution in [-0.4, -0.2) is 34.5 Å². The number of hydrogen-bond donors (Lipinski definition) is 2. The van der Waals surface area contributed by atoms with Crippen molar-refractivity contribution in [1.82, 2.24) is 0 Å². The van der Waals surface area contributed by atoms with Gasteiger partial charge in [-0.15, -0.1) is 0 Å². The number of benzene rings is 1. The number of aliphatic hydroxyl groups excluding tert-OH is 1. The van der Waals surface area contributed by atoms with Crippen LogP contribution in [-0.2, 0) is 20.3 Å². The van der Waals surface area contributed by atoms with Crippen LogP contribution < -0.4 is 0 Å². The summed E-state index contributed by atoms with van der Waals surface area (Å²) in [4.78, 5) is 10.6. The summed E-state index contributed by atoms with van der Waals surface area (Å²) in [6, 6.07) is 10.4. The zero-order valence-corrected chi connectivity index (χ0v) is 19.9. The molecule has 3 unspecified atom stereocenters. The second kappa shape index (κ2) is 14.3. The van der Waals surface area contributed by atoms with Gasteiger partial charge in [0.1, 0.15) is 0 Å². The summed E-state index contributed by atoms with van der Waals surface area (Å²) in [5, 5.41) is 19.3. The van der Waals surface area contributed by atoms with Gasteiger partial charge in [-0.1, -0.05) is 42.5 Å². The fourth-order valence-corrected chi connectivity index (χ4v) is 5.00. The summed E-state index contributed by atoms with van der Waals surface area (Å²) in [6.07, 6.45) is 10.8. The SMILES string of the molecule is O=C(O)CCCC=CCC1[C@@H](CC[C@H](CCc2ccccc2)OP)[C@H](OP)C[C@@H]1O. The predicted molar refractivity (Wildman–Crippen MR) is 126 cm³/mol. The number of rotatable bonds is 14. The first kappa shape index (κ1) is 25.4. The molecular formula is C23H36O5P2. The molecular weight excluding hydrogens is 418 g/mol. The maximum absolute atomic E-state index is 10.6. The number of aliphatic carboxylic acids is 1. The summed E-state index contributed by atoms with van der Waals surface area (Å²) < 4.78 is 11.3. The molecule has 1 aromatic rings. The van der Waals surface area contributed by atoms with Crippen molar-refractivity contribution in [2.45, 2.75) is 76.1 Å². The number of aryl methyl sites for hydroxylation is 1. The lowest BCUT2D eigenvalue weighted by molar-refractivity contribution is -0.137. The number of carboxylic acids is 1. The van der Waals surface area contributed by atoms with E-state index in [4.69, 9.17) is 14.2 Å². The Balaban J connectivity index is 1.84. The fraction of sp³-hybridized carbons (Fsp3) is 0.609. The average Bonchev–Trinajstić information content (AvgIpc) is 3.05. The molecule has 0 spiro atoms. The van der Waals surface area contributed by atoms with Gasteiger partial charge in [-0.05, 0) is 62.3 Å². The highest BCUT2D eigenvalue weighted by Crippen LogP contribution is 2.41. The van der Waals surface area contributed by atoms with Crippen LogP contribution in [0.1, 0.15) is 56.9 Å². The highest BCUT2D eigenvalue weighted by atomic mass is 31.0. The van der Waals surface area contributed by atoms with Crippen molar-refractivity contribution in [3.63, 3.8) is 0 Å². The third kappa shape index (κ3) is 8.73. The molecule has 0 heterocycles. The van der Waals surface area contributed by atoms with E-state index in [0.29, 0.717) is 12.8 Å². The lowest BCUT2D eigenvalue weighted by Gasteiger charge is -2.26. The van der Waals surface area contributed by atoms with Crippen molar-refractivity contribution in [2.75, 3.05) is 0 Å². The minimum absolute atomic E-state index is 0.0368. The van der Waals surface area contributed by atoms with E-state index in [1.807, 2.05) is 12.1 Å². The summed E-state index contributed by atoms with van der Waals surface area (Å²) in [7, 11) is 4.77. The molecule has 0 bridgehead atoms. The molecule has 1 aliphatic rings. The molecule has 1 fully saturated rings. The smallest absolute Gasteiger partial charge is 0.303 e. The van der Waals surface area contributed by atoms with Crippen molar-refractivity contribution in [3.8, 4) is 0 Å². The van der Waals surface area contributed by atoms with E-state index >= 15 is 0 Å². The van der Waals surface area contributed by atoms with Crippen molar-refractivity contribution in [1.29, 1.82) is 0 Å². The molecule has 1 aromatic carbocycles. The lowest BCUT2D eigenvalue weighted by Crippen LogP contribution is -2.24. The molecule has 5 nitrogen and oxygen atoms in total. The van der Waals surface area contributed by atoms with E-state index in [-0.39, 0.29) is 36.6 Å². The number of aliphatic hydroxyl groups is 1. The van der Waals surface area contributed by atoms with Crippen LogP contribution >= 0.6 is 18.9 Å². The summed E-state index contributed by atoms with van der Waals surface area (Å²) >= 11 is 0. The molecule has 0 aromatic heterocycles. The largest absolute Gasteiger partial charge is 0.481 e. The number of allylic oxidation sites excluding steroid dienone is 2. The third-order valence-corrected chi connectivity index (χ3v) is 6.85. The van der Waals surface area contributed by atoms with Crippen LogP contribution in [0.3, 0.4) is 0 Å². The topological polar surface area (TPSA) is 76.0 Å². The van der Waals surface area contributed by atoms with Crippen LogP contribution in [0.25, 0.3) is 0 Å². The minimum Gasteiger partial charge on any atom is -0.481 e. The van der Waals surface area contributed by atoms with Gasteiger partial charge in [0.05, 0.1) is 18.3 Å². The highest BCUT2D eigenvalue weighted by Gasteiger charge is 2.41. The standard InChI is InChI=1S/C23H36O5P2/c24-21-16-22(28-30)20(19(21)10-6-1-2-7-11-23(25)26)15-14-18(27-29)13-12-17-8-4-3-5-9-17/h1,3-6,8-9,18-22,24H,2,7,10-16,29-30H2,(H,25,26)/t18-,19?,20+,21-,22+/m0/s1. The van der Waals surface area contributed by atoms with Crippen molar-refractivity contribution >= 4 is 24.9 Å². The second-order valence-electron chi connectivity index (χ2n) is 8.16. The molecule has 1 saturated carbocycles. The lowest BCUT2D eigenvalue weighted by atomic mass is 9.85. The maximum Gasteiger partial charge on any atom is 0.303 e. The van der Waals surface area contributed by atoms with Crippen molar-refractivity contribution in [2.24, 2.45) is 11.8 Å². The first-order valence-electron chi connectivity index (χ1n) is 10.8. The van der Waals surface area contributed by atoms with Gasteiger partial charge in [0, 0.05) is 31.8 Å². The Kier molecular flexibility index (Phi) is 12.1. The molecule has 2 N–H and O–H groups in total. The van der Waals surface area contributed by atoms with Gasteiger partial charge >= 0.3 is 5.97 Å². The van der Waals surface area contributed by atoms with Crippen LogP contribution in [0.2, 0.25) is 0 Å². The van der Waals surface area contributed by atoms with E-state index in [0.717, 1.165) is 38.5 Å². The normalized spacial score (nSPS) is 25.0. The van der Waals surface area contributed by atoms with Crippen molar-refractivity contribution < 1.29 is 24.1 Å². The first-order chi connectivity index (χ1) is 14.5.